The molecule has 1 aromatic heterocycles. The number of ether oxygens (including phenoxy) is 1. The van der Waals surface area contributed by atoms with Crippen LogP contribution >= 0.6 is 11.3 Å². The van der Waals surface area contributed by atoms with E-state index in [0.717, 1.165) is 30.7 Å². The van der Waals surface area contributed by atoms with Gasteiger partial charge in [0.15, 0.2) is 0 Å². The van der Waals surface area contributed by atoms with Crippen LogP contribution in [-0.2, 0) is 11.2 Å². The summed E-state index contributed by atoms with van der Waals surface area (Å²) in [6, 6.07) is 10.2. The van der Waals surface area contributed by atoms with Gasteiger partial charge in [0.25, 0.3) is 0 Å². The lowest BCUT2D eigenvalue weighted by molar-refractivity contribution is -0.128. The second-order valence-corrected chi connectivity index (χ2v) is 6.81. The van der Waals surface area contributed by atoms with Crippen LogP contribution in [0.5, 0.6) is 5.75 Å². The Morgan fingerprint density at radius 1 is 1.33 bits per heavy atom. The predicted molar refractivity (Wildman–Crippen MR) is 99.4 cm³/mol. The first-order valence-corrected chi connectivity index (χ1v) is 9.39. The van der Waals surface area contributed by atoms with Gasteiger partial charge in [0.1, 0.15) is 5.75 Å². The van der Waals surface area contributed by atoms with E-state index in [1.165, 1.54) is 10.4 Å². The Morgan fingerprint density at radius 2 is 2.17 bits per heavy atom. The summed E-state index contributed by atoms with van der Waals surface area (Å²) in [4.78, 5) is 16.2. The number of hydrogen-bond donors (Lipinski definition) is 0. The number of nitrogens with zero attached hydrogens (tertiary/aromatic N) is 1. The average molecular weight is 341 g/mol. The van der Waals surface area contributed by atoms with E-state index >= 15 is 0 Å². The highest BCUT2D eigenvalue weighted by molar-refractivity contribution is 7.10. The molecule has 3 rings (SSSR count). The van der Waals surface area contributed by atoms with Crippen LogP contribution in [0.3, 0.4) is 0 Å². The number of hydrogen-bond acceptors (Lipinski definition) is 3. The lowest BCUT2D eigenvalue weighted by Gasteiger charge is -2.34. The number of fused-ring (bicyclic) bond motifs is 1. The normalized spacial score (nSPS) is 17.1. The zero-order valence-corrected chi connectivity index (χ0v) is 15.0. The van der Waals surface area contributed by atoms with Gasteiger partial charge in [0.2, 0.25) is 5.91 Å². The maximum Gasteiger partial charge on any atom is 0.247 e. The van der Waals surface area contributed by atoms with Gasteiger partial charge >= 0.3 is 0 Å². The van der Waals surface area contributed by atoms with Crippen LogP contribution in [0.25, 0.3) is 6.08 Å². The second kappa shape index (κ2) is 7.67. The molecule has 1 aromatic carbocycles. The van der Waals surface area contributed by atoms with Crippen LogP contribution in [0.1, 0.15) is 42.3 Å². The van der Waals surface area contributed by atoms with Crippen LogP contribution in [0.4, 0.5) is 0 Å². The van der Waals surface area contributed by atoms with Gasteiger partial charge in [-0.25, -0.2) is 0 Å². The Hall–Kier alpha value is -2.07. The van der Waals surface area contributed by atoms with Gasteiger partial charge in [0, 0.05) is 23.1 Å². The van der Waals surface area contributed by atoms with Crippen molar-refractivity contribution in [2.24, 2.45) is 0 Å². The van der Waals surface area contributed by atoms with Gasteiger partial charge in [0.05, 0.1) is 12.6 Å². The quantitative estimate of drug-likeness (QED) is 0.738. The fraction of sp³-hybridized carbons (Fsp3) is 0.350. The molecule has 0 fully saturated rings. The molecule has 24 heavy (non-hydrogen) atoms. The SMILES string of the molecule is CCOc1ccccc1/C=C/C(=O)N1CCc2sccc2C1CC. The zero-order valence-electron chi connectivity index (χ0n) is 14.2. The summed E-state index contributed by atoms with van der Waals surface area (Å²) in [5.41, 5.74) is 2.26. The number of benzene rings is 1. The summed E-state index contributed by atoms with van der Waals surface area (Å²) in [7, 11) is 0. The molecule has 2 heterocycles. The molecule has 0 saturated heterocycles. The van der Waals surface area contributed by atoms with Crippen molar-refractivity contribution in [3.05, 3.63) is 57.8 Å². The Morgan fingerprint density at radius 3 is 2.96 bits per heavy atom. The van der Waals surface area contributed by atoms with Crippen LogP contribution < -0.4 is 4.74 Å². The summed E-state index contributed by atoms with van der Waals surface area (Å²) >= 11 is 1.80. The number of carbonyl (C=O) groups excluding carboxylic acids is 1. The lowest BCUT2D eigenvalue weighted by Crippen LogP contribution is -2.38. The molecule has 0 radical (unpaired) electrons. The van der Waals surface area contributed by atoms with Crippen LogP contribution in [0, 0.1) is 0 Å². The van der Waals surface area contributed by atoms with Crippen LogP contribution in [0.15, 0.2) is 41.8 Å². The Balaban J connectivity index is 1.78. The van der Waals surface area contributed by atoms with E-state index in [1.807, 2.05) is 42.2 Å². The van der Waals surface area contributed by atoms with Gasteiger partial charge in [-0.05, 0) is 48.9 Å². The Bertz CT molecular complexity index is 735. The maximum atomic E-state index is 12.7. The molecule has 1 unspecified atom stereocenters. The summed E-state index contributed by atoms with van der Waals surface area (Å²) in [6.45, 7) is 5.52. The summed E-state index contributed by atoms with van der Waals surface area (Å²) in [6.07, 6.45) is 5.44. The number of rotatable bonds is 5. The van der Waals surface area contributed by atoms with Gasteiger partial charge in [-0.15, -0.1) is 11.3 Å². The predicted octanol–water partition coefficient (Wildman–Crippen LogP) is 4.70. The van der Waals surface area contributed by atoms with Crippen molar-refractivity contribution in [2.75, 3.05) is 13.2 Å². The van der Waals surface area contributed by atoms with Crippen molar-refractivity contribution in [3.8, 4) is 5.75 Å². The minimum atomic E-state index is 0.0741. The number of amides is 1. The molecule has 0 saturated carbocycles. The summed E-state index contributed by atoms with van der Waals surface area (Å²) in [5, 5.41) is 2.13. The summed E-state index contributed by atoms with van der Waals surface area (Å²) < 4.78 is 5.62. The van der Waals surface area contributed by atoms with Crippen molar-refractivity contribution in [3.63, 3.8) is 0 Å². The number of thiophene rings is 1. The highest BCUT2D eigenvalue weighted by Gasteiger charge is 2.29. The van der Waals surface area contributed by atoms with Gasteiger partial charge in [-0.3, -0.25) is 4.79 Å². The van der Waals surface area contributed by atoms with E-state index in [-0.39, 0.29) is 11.9 Å². The number of para-hydroxylation sites is 1. The molecule has 3 nitrogen and oxygen atoms in total. The van der Waals surface area contributed by atoms with E-state index in [0.29, 0.717) is 6.61 Å². The molecular formula is C20H23NO2S. The zero-order chi connectivity index (χ0) is 16.9. The first-order valence-electron chi connectivity index (χ1n) is 8.51. The third kappa shape index (κ3) is 3.39. The first kappa shape index (κ1) is 16.8. The molecule has 0 spiro atoms. The van der Waals surface area contributed by atoms with Crippen molar-refractivity contribution in [2.45, 2.75) is 32.7 Å². The third-order valence-electron chi connectivity index (χ3n) is 4.39. The molecule has 1 amide bonds. The third-order valence-corrected chi connectivity index (χ3v) is 5.39. The fourth-order valence-corrected chi connectivity index (χ4v) is 4.19. The van der Waals surface area contributed by atoms with E-state index in [1.54, 1.807) is 17.4 Å². The molecule has 1 aliphatic rings. The highest BCUT2D eigenvalue weighted by atomic mass is 32.1. The molecule has 1 atom stereocenters. The number of carbonyl (C=O) groups is 1. The van der Waals surface area contributed by atoms with Gasteiger partial charge in [-0.2, -0.15) is 0 Å². The Kier molecular flexibility index (Phi) is 5.36. The van der Waals surface area contributed by atoms with Gasteiger partial charge in [-0.1, -0.05) is 25.1 Å². The van der Waals surface area contributed by atoms with Crippen molar-refractivity contribution in [1.29, 1.82) is 0 Å². The second-order valence-electron chi connectivity index (χ2n) is 5.81. The lowest BCUT2D eigenvalue weighted by atomic mass is 9.97. The molecule has 126 valence electrons. The van der Waals surface area contributed by atoms with Gasteiger partial charge < -0.3 is 9.64 Å². The largest absolute Gasteiger partial charge is 0.493 e. The van der Waals surface area contributed by atoms with E-state index < -0.39 is 0 Å². The first-order chi connectivity index (χ1) is 11.7. The van der Waals surface area contributed by atoms with E-state index in [2.05, 4.69) is 18.4 Å². The summed E-state index contributed by atoms with van der Waals surface area (Å²) in [5.74, 6) is 0.889. The molecule has 1 aliphatic heterocycles. The molecule has 0 N–H and O–H groups in total. The monoisotopic (exact) mass is 341 g/mol. The minimum Gasteiger partial charge on any atom is -0.493 e. The topological polar surface area (TPSA) is 29.5 Å². The molecule has 0 aliphatic carbocycles. The molecule has 0 bridgehead atoms. The highest BCUT2D eigenvalue weighted by Crippen LogP contribution is 2.35. The van der Waals surface area contributed by atoms with Crippen LogP contribution in [0.2, 0.25) is 0 Å². The van der Waals surface area contributed by atoms with Crippen molar-refractivity contribution < 1.29 is 9.53 Å². The smallest absolute Gasteiger partial charge is 0.247 e. The minimum absolute atomic E-state index is 0.0741. The van der Waals surface area contributed by atoms with Crippen molar-refractivity contribution in [1.82, 2.24) is 4.90 Å². The van der Waals surface area contributed by atoms with Crippen LogP contribution in [-0.4, -0.2) is 24.0 Å². The van der Waals surface area contributed by atoms with Crippen molar-refractivity contribution >= 4 is 23.3 Å². The fourth-order valence-electron chi connectivity index (χ4n) is 3.26. The molecular weight excluding hydrogens is 318 g/mol. The van der Waals surface area contributed by atoms with E-state index in [9.17, 15) is 4.79 Å². The Labute approximate surface area is 147 Å². The molecule has 2 aromatic rings. The standard InChI is InChI=1S/C20H23NO2S/c1-3-17-16-12-14-24-19(16)11-13-21(17)20(22)10-9-15-7-5-6-8-18(15)23-4-2/h5-10,12,14,17H,3-4,11,13H2,1-2H3/b10-9+. The average Bonchev–Trinajstić information content (AvgIpc) is 3.08. The molecule has 4 heteroatoms. The van der Waals surface area contributed by atoms with E-state index in [4.69, 9.17) is 4.74 Å². The maximum absolute atomic E-state index is 12.7.